The lowest BCUT2D eigenvalue weighted by molar-refractivity contribution is -0.409. The molecule has 0 fully saturated rings. The van der Waals surface area contributed by atoms with Gasteiger partial charge in [-0.1, -0.05) is 17.7 Å². The summed E-state index contributed by atoms with van der Waals surface area (Å²) in [7, 11) is 4.37. The quantitative estimate of drug-likeness (QED) is 0.389. The van der Waals surface area contributed by atoms with E-state index in [1.54, 1.807) is 0 Å². The van der Waals surface area contributed by atoms with Gasteiger partial charge in [-0.3, -0.25) is 4.48 Å². The van der Waals surface area contributed by atoms with E-state index in [4.69, 9.17) is 5.11 Å². The van der Waals surface area contributed by atoms with E-state index in [9.17, 15) is 4.79 Å². The second kappa shape index (κ2) is 10.0. The van der Waals surface area contributed by atoms with Crippen LogP contribution in [0.1, 0.15) is 24.8 Å². The fraction of sp³-hybridized carbons (Fsp3) is 0.533. The number of hydrogen-bond acceptors (Lipinski definition) is 1. The molecule has 0 saturated carbocycles. The minimum absolute atomic E-state index is 0. The number of aryl methyl sites for hydroxylation is 1. The molecule has 4 N–H and O–H groups in total. The molecular weight excluding hydrogens is 311 g/mol. The van der Waals surface area contributed by atoms with Crippen LogP contribution in [0.5, 0.6) is 0 Å². The van der Waals surface area contributed by atoms with Crippen LogP contribution in [-0.2, 0) is 4.79 Å². The Labute approximate surface area is 139 Å². The van der Waals surface area contributed by atoms with Crippen LogP contribution in [0.3, 0.4) is 0 Å². The molecule has 1 aromatic rings. The van der Waals surface area contributed by atoms with Crippen LogP contribution in [0.15, 0.2) is 24.3 Å². The number of carbonyl (C=O) groups is 1. The van der Waals surface area contributed by atoms with Gasteiger partial charge in [0.1, 0.15) is 5.69 Å². The molecule has 1 aromatic carbocycles. The van der Waals surface area contributed by atoms with E-state index in [1.807, 2.05) is 0 Å². The van der Waals surface area contributed by atoms with Crippen molar-refractivity contribution >= 4 is 11.7 Å². The maximum Gasteiger partial charge on any atom is 0.362 e. The van der Waals surface area contributed by atoms with Gasteiger partial charge in [0.15, 0.2) is 6.04 Å². The molecule has 0 amide bonds. The highest BCUT2D eigenvalue weighted by Crippen LogP contribution is 2.20. The Balaban J connectivity index is 0. The fourth-order valence-electron chi connectivity index (χ4n) is 2.10. The van der Waals surface area contributed by atoms with Crippen molar-refractivity contribution in [1.29, 1.82) is 0 Å². The zero-order valence-electron chi connectivity index (χ0n) is 13.0. The van der Waals surface area contributed by atoms with Crippen LogP contribution >= 0.6 is 0 Å². The summed E-state index contributed by atoms with van der Waals surface area (Å²) in [5, 5.41) is 8.78. The molecule has 1 rings (SSSR count). The van der Waals surface area contributed by atoms with E-state index in [0.29, 0.717) is 6.42 Å². The van der Waals surface area contributed by atoms with Gasteiger partial charge in [0.2, 0.25) is 0 Å². The van der Waals surface area contributed by atoms with Crippen LogP contribution in [-0.4, -0.2) is 37.8 Å². The number of halogens is 2. The lowest BCUT2D eigenvalue weighted by Crippen LogP contribution is -3.00. The standard InChI is InChI=1S/C15H24N2O2.2ClH/c1-12-7-9-13(10-8-12)17(2,3)11-5-4-6-14(16)15(18)19;;/h7-10,14H,4-6,11,16H2,1-3H3;2*1H/t14-;;/m0../s1. The lowest BCUT2D eigenvalue weighted by Gasteiger charge is -2.29. The molecule has 0 spiro atoms. The maximum atomic E-state index is 10.7. The Kier molecular flexibility index (Phi) is 10.7. The van der Waals surface area contributed by atoms with Gasteiger partial charge in [-0.2, -0.15) is 0 Å². The molecule has 4 nitrogen and oxygen atoms in total. The van der Waals surface area contributed by atoms with Gasteiger partial charge in [-0.05, 0) is 31.9 Å². The van der Waals surface area contributed by atoms with Gasteiger partial charge >= 0.3 is 5.97 Å². The Hall–Kier alpha value is -0.810. The minimum atomic E-state index is -0.799. The summed E-state index contributed by atoms with van der Waals surface area (Å²) in [6.07, 6.45) is 2.58. The average Bonchev–Trinajstić information content (AvgIpc) is 2.34. The van der Waals surface area contributed by atoms with E-state index in [1.165, 1.54) is 11.3 Å². The molecule has 0 aromatic heterocycles. The summed E-state index contributed by atoms with van der Waals surface area (Å²) in [6.45, 7) is 3.10. The predicted molar refractivity (Wildman–Crippen MR) is 77.9 cm³/mol. The number of quaternary nitrogens is 2. The van der Waals surface area contributed by atoms with Gasteiger partial charge < -0.3 is 35.7 Å². The van der Waals surface area contributed by atoms with Gasteiger partial charge in [0.05, 0.1) is 20.6 Å². The smallest absolute Gasteiger partial charge is 0.362 e. The van der Waals surface area contributed by atoms with E-state index in [0.717, 1.165) is 23.9 Å². The molecule has 0 aliphatic heterocycles. The Morgan fingerprint density at radius 2 is 1.71 bits per heavy atom. The monoisotopic (exact) mass is 336 g/mol. The second-order valence-corrected chi connectivity index (χ2v) is 5.78. The normalized spacial score (nSPS) is 12.0. The molecule has 0 bridgehead atoms. The third kappa shape index (κ3) is 7.67. The highest BCUT2D eigenvalue weighted by molar-refractivity contribution is 5.71. The van der Waals surface area contributed by atoms with Gasteiger partial charge in [-0.25, -0.2) is 4.79 Å². The number of hydrogen-bond donors (Lipinski definition) is 2. The van der Waals surface area contributed by atoms with Gasteiger partial charge in [-0.15, -0.1) is 0 Å². The topological polar surface area (TPSA) is 64.9 Å². The zero-order chi connectivity index (χ0) is 14.5. The molecule has 0 aliphatic carbocycles. The first-order valence-corrected chi connectivity index (χ1v) is 6.79. The molecule has 0 saturated heterocycles. The summed E-state index contributed by atoms with van der Waals surface area (Å²) in [5.74, 6) is -0.799. The lowest BCUT2D eigenvalue weighted by atomic mass is 10.1. The fourth-order valence-corrected chi connectivity index (χ4v) is 2.10. The van der Waals surface area contributed by atoms with Crippen LogP contribution < -0.4 is 35.0 Å². The van der Waals surface area contributed by atoms with E-state index in [2.05, 4.69) is 51.0 Å². The Morgan fingerprint density at radius 3 is 2.19 bits per heavy atom. The summed E-state index contributed by atoms with van der Waals surface area (Å²) in [4.78, 5) is 10.7. The number of nitrogens with zero attached hydrogens (tertiary/aromatic N) is 1. The van der Waals surface area contributed by atoms with Crippen molar-refractivity contribution in [3.63, 3.8) is 0 Å². The van der Waals surface area contributed by atoms with E-state index < -0.39 is 12.0 Å². The van der Waals surface area contributed by atoms with Crippen LogP contribution in [0.25, 0.3) is 0 Å². The molecular formula is C15H26Cl2N2O2. The SMILES string of the molecule is Cc1ccc([N+](C)(C)CCCC[C@H]([NH3+])C(=O)O)cc1.[Cl-].[Cl-]. The third-order valence-corrected chi connectivity index (χ3v) is 3.60. The third-order valence-electron chi connectivity index (χ3n) is 3.60. The summed E-state index contributed by atoms with van der Waals surface area (Å²) in [5.41, 5.74) is 6.19. The molecule has 21 heavy (non-hydrogen) atoms. The number of carboxylic acid groups (broad SMARTS) is 1. The predicted octanol–water partition coefficient (Wildman–Crippen LogP) is -4.56. The zero-order valence-corrected chi connectivity index (χ0v) is 14.5. The van der Waals surface area contributed by atoms with Gasteiger partial charge in [0, 0.05) is 6.42 Å². The van der Waals surface area contributed by atoms with E-state index in [-0.39, 0.29) is 24.8 Å². The molecule has 0 aliphatic rings. The van der Waals surface area contributed by atoms with Crippen molar-refractivity contribution in [2.45, 2.75) is 32.2 Å². The summed E-state index contributed by atoms with van der Waals surface area (Å²) in [6, 6.07) is 8.11. The first-order valence-electron chi connectivity index (χ1n) is 6.79. The van der Waals surface area contributed by atoms with Crippen molar-refractivity contribution in [2.75, 3.05) is 20.6 Å². The first kappa shape index (κ1) is 22.5. The molecule has 0 radical (unpaired) electrons. The number of rotatable bonds is 7. The first-order chi connectivity index (χ1) is 8.83. The molecule has 0 heterocycles. The van der Waals surface area contributed by atoms with Gasteiger partial charge in [0.25, 0.3) is 0 Å². The van der Waals surface area contributed by atoms with Crippen molar-refractivity contribution in [1.82, 2.24) is 4.48 Å². The van der Waals surface area contributed by atoms with Crippen molar-refractivity contribution in [2.24, 2.45) is 0 Å². The molecule has 6 heteroatoms. The minimum Gasteiger partial charge on any atom is -1.00 e. The van der Waals surface area contributed by atoms with Crippen molar-refractivity contribution in [3.8, 4) is 0 Å². The highest BCUT2D eigenvalue weighted by Gasteiger charge is 2.19. The number of carboxylic acids is 1. The van der Waals surface area contributed by atoms with Crippen LogP contribution in [0, 0.1) is 6.92 Å². The molecule has 1 atom stereocenters. The summed E-state index contributed by atoms with van der Waals surface area (Å²) < 4.78 is 0.829. The van der Waals surface area contributed by atoms with Crippen LogP contribution in [0.2, 0.25) is 0 Å². The van der Waals surface area contributed by atoms with Crippen LogP contribution in [0.4, 0.5) is 5.69 Å². The maximum absolute atomic E-state index is 10.7. The highest BCUT2D eigenvalue weighted by atomic mass is 35.5. The van der Waals surface area contributed by atoms with E-state index >= 15 is 0 Å². The number of benzene rings is 1. The van der Waals surface area contributed by atoms with Crippen molar-refractivity contribution in [3.05, 3.63) is 29.8 Å². The summed E-state index contributed by atoms with van der Waals surface area (Å²) >= 11 is 0. The molecule has 0 unspecified atom stereocenters. The number of aliphatic carboxylic acids is 1. The largest absolute Gasteiger partial charge is 1.00 e. The Morgan fingerprint density at radius 1 is 1.19 bits per heavy atom. The average molecular weight is 337 g/mol. The molecule has 122 valence electrons. The van der Waals surface area contributed by atoms with Crippen molar-refractivity contribution < 1.29 is 40.4 Å². The second-order valence-electron chi connectivity index (χ2n) is 5.78. The number of unbranched alkanes of at least 4 members (excludes halogenated alkanes) is 1. The Bertz CT molecular complexity index is 422.